The zero-order valence-electron chi connectivity index (χ0n) is 13.7. The van der Waals surface area contributed by atoms with E-state index in [1.54, 1.807) is 12.1 Å². The largest absolute Gasteiger partial charge is 0.416 e. The normalized spacial score (nSPS) is 11.7. The van der Waals surface area contributed by atoms with Gasteiger partial charge in [0.15, 0.2) is 0 Å². The number of benzene rings is 2. The molecule has 0 heterocycles. The van der Waals surface area contributed by atoms with E-state index in [0.29, 0.717) is 25.1 Å². The summed E-state index contributed by atoms with van der Waals surface area (Å²) in [6, 6.07) is 11.0. The summed E-state index contributed by atoms with van der Waals surface area (Å²) in [5, 5.41) is 8.12. The van der Waals surface area contributed by atoms with Crippen LogP contribution >= 0.6 is 0 Å². The Labute approximate surface area is 150 Å². The van der Waals surface area contributed by atoms with Crippen LogP contribution in [0.5, 0.6) is 0 Å². The fourth-order valence-corrected chi connectivity index (χ4v) is 2.63. The number of halogens is 3. The van der Waals surface area contributed by atoms with Gasteiger partial charge in [-0.05, 0) is 48.4 Å². The first-order valence-corrected chi connectivity index (χ1v) is 9.19. The number of sulfonamides is 1. The van der Waals surface area contributed by atoms with Crippen molar-refractivity contribution in [2.75, 3.05) is 13.1 Å². The number of nitrogens with one attached hydrogen (secondary N) is 1. The third-order valence-electron chi connectivity index (χ3n) is 3.50. The van der Waals surface area contributed by atoms with Crippen LogP contribution in [0.2, 0.25) is 0 Å². The zero-order valence-corrected chi connectivity index (χ0v) is 14.5. The molecule has 0 atom stereocenters. The van der Waals surface area contributed by atoms with Crippen molar-refractivity contribution >= 4 is 10.0 Å². The van der Waals surface area contributed by atoms with E-state index in [4.69, 9.17) is 5.14 Å². The molecule has 0 radical (unpaired) electrons. The summed E-state index contributed by atoms with van der Waals surface area (Å²) in [4.78, 5) is 0.0663. The molecule has 0 fully saturated rings. The van der Waals surface area contributed by atoms with Crippen LogP contribution in [0.1, 0.15) is 16.7 Å². The van der Waals surface area contributed by atoms with Gasteiger partial charge in [-0.15, -0.1) is 0 Å². The van der Waals surface area contributed by atoms with Crippen LogP contribution in [0.3, 0.4) is 0 Å². The summed E-state index contributed by atoms with van der Waals surface area (Å²) in [5.74, 6) is 5.62. The maximum Gasteiger partial charge on any atom is 0.416 e. The summed E-state index contributed by atoms with van der Waals surface area (Å²) in [5.41, 5.74) is 0.758. The Kier molecular flexibility index (Phi) is 6.42. The molecule has 0 unspecified atom stereocenters. The fraction of sp³-hybridized carbons (Fsp3) is 0.222. The highest BCUT2D eigenvalue weighted by molar-refractivity contribution is 7.89. The topological polar surface area (TPSA) is 72.2 Å². The van der Waals surface area contributed by atoms with E-state index in [2.05, 4.69) is 17.2 Å². The number of hydrogen-bond donors (Lipinski definition) is 2. The van der Waals surface area contributed by atoms with Crippen molar-refractivity contribution in [3.63, 3.8) is 0 Å². The van der Waals surface area contributed by atoms with Crippen LogP contribution in [0, 0.1) is 11.8 Å². The molecule has 2 aromatic carbocycles. The lowest BCUT2D eigenvalue weighted by molar-refractivity contribution is -0.137. The smallest absolute Gasteiger partial charge is 0.306 e. The molecule has 0 aromatic heterocycles. The lowest BCUT2D eigenvalue weighted by Gasteiger charge is -2.05. The Bertz CT molecular complexity index is 895. The number of nitrogens with two attached hydrogens (primary N) is 1. The standard InChI is InChI=1S/C18H17F3N2O2S/c19-18(20,21)16-7-3-14(4-8-16)2-1-12-23-13-11-15-5-9-17(10-6-15)26(22,24)25/h3-10,23H,11-13H2,(H2,22,24,25). The third kappa shape index (κ3) is 6.19. The molecule has 0 amide bonds. The molecular weight excluding hydrogens is 365 g/mol. The summed E-state index contributed by atoms with van der Waals surface area (Å²) >= 11 is 0. The zero-order chi connectivity index (χ0) is 19.2. The SMILES string of the molecule is NS(=O)(=O)c1ccc(CCNCC#Cc2ccc(C(F)(F)F)cc2)cc1. The molecule has 0 saturated heterocycles. The first-order chi connectivity index (χ1) is 12.2. The monoisotopic (exact) mass is 382 g/mol. The maximum atomic E-state index is 12.4. The quantitative estimate of drug-likeness (QED) is 0.617. The van der Waals surface area contributed by atoms with Crippen molar-refractivity contribution < 1.29 is 21.6 Å². The van der Waals surface area contributed by atoms with Crippen LogP contribution in [-0.2, 0) is 22.6 Å². The molecule has 0 saturated carbocycles. The van der Waals surface area contributed by atoms with Crippen LogP contribution in [-0.4, -0.2) is 21.5 Å². The molecule has 26 heavy (non-hydrogen) atoms. The minimum atomic E-state index is -4.35. The van der Waals surface area contributed by atoms with Crippen LogP contribution in [0.4, 0.5) is 13.2 Å². The molecule has 138 valence electrons. The number of primary sulfonamides is 1. The second-order valence-corrected chi connectivity index (χ2v) is 7.05. The number of alkyl halides is 3. The summed E-state index contributed by atoms with van der Waals surface area (Å²) in [6.07, 6.45) is -3.67. The lowest BCUT2D eigenvalue weighted by atomic mass is 10.1. The molecule has 0 spiro atoms. The van der Waals surface area contributed by atoms with E-state index < -0.39 is 21.8 Å². The summed E-state index contributed by atoms with van der Waals surface area (Å²) < 4.78 is 59.7. The summed E-state index contributed by atoms with van der Waals surface area (Å²) in [7, 11) is -3.69. The van der Waals surface area contributed by atoms with Gasteiger partial charge in [0.2, 0.25) is 10.0 Å². The highest BCUT2D eigenvalue weighted by Gasteiger charge is 2.29. The third-order valence-corrected chi connectivity index (χ3v) is 4.43. The van der Waals surface area contributed by atoms with Gasteiger partial charge in [-0.1, -0.05) is 24.0 Å². The molecule has 0 aliphatic heterocycles. The second kappa shape index (κ2) is 8.36. The van der Waals surface area contributed by atoms with Crippen molar-refractivity contribution in [2.24, 2.45) is 5.14 Å². The number of hydrogen-bond acceptors (Lipinski definition) is 3. The highest BCUT2D eigenvalue weighted by Crippen LogP contribution is 2.28. The second-order valence-electron chi connectivity index (χ2n) is 5.49. The Morgan fingerprint density at radius 1 is 1.00 bits per heavy atom. The van der Waals surface area contributed by atoms with E-state index in [0.717, 1.165) is 17.7 Å². The predicted molar refractivity (Wildman–Crippen MR) is 92.7 cm³/mol. The van der Waals surface area contributed by atoms with Crippen molar-refractivity contribution in [1.29, 1.82) is 0 Å². The predicted octanol–water partition coefficient (Wildman–Crippen LogP) is 2.54. The molecule has 0 aliphatic carbocycles. The Balaban J connectivity index is 1.77. The van der Waals surface area contributed by atoms with E-state index in [1.165, 1.54) is 24.3 Å². The van der Waals surface area contributed by atoms with E-state index in [-0.39, 0.29) is 4.90 Å². The molecule has 8 heteroatoms. The van der Waals surface area contributed by atoms with Gasteiger partial charge in [0.1, 0.15) is 0 Å². The van der Waals surface area contributed by atoms with Gasteiger partial charge in [0.25, 0.3) is 0 Å². The van der Waals surface area contributed by atoms with Crippen molar-refractivity contribution in [1.82, 2.24) is 5.32 Å². The number of rotatable bonds is 5. The minimum Gasteiger partial charge on any atom is -0.306 e. The van der Waals surface area contributed by atoms with Crippen LogP contribution in [0.25, 0.3) is 0 Å². The molecule has 2 aromatic rings. The van der Waals surface area contributed by atoms with E-state index in [1.807, 2.05) is 0 Å². The fourth-order valence-electron chi connectivity index (χ4n) is 2.12. The maximum absolute atomic E-state index is 12.4. The van der Waals surface area contributed by atoms with Crippen molar-refractivity contribution in [3.05, 3.63) is 65.2 Å². The Morgan fingerprint density at radius 3 is 2.15 bits per heavy atom. The lowest BCUT2D eigenvalue weighted by Crippen LogP contribution is -2.17. The average molecular weight is 382 g/mol. The Hall–Kier alpha value is -2.34. The molecule has 0 aliphatic rings. The van der Waals surface area contributed by atoms with Gasteiger partial charge >= 0.3 is 6.18 Å². The van der Waals surface area contributed by atoms with Crippen LogP contribution < -0.4 is 10.5 Å². The van der Waals surface area contributed by atoms with Gasteiger partial charge in [-0.3, -0.25) is 0 Å². The van der Waals surface area contributed by atoms with E-state index in [9.17, 15) is 21.6 Å². The first-order valence-electron chi connectivity index (χ1n) is 7.65. The molecule has 3 N–H and O–H groups in total. The Morgan fingerprint density at radius 2 is 1.62 bits per heavy atom. The van der Waals surface area contributed by atoms with Gasteiger partial charge in [0, 0.05) is 12.1 Å². The first kappa shape index (κ1) is 20.0. The average Bonchev–Trinajstić information content (AvgIpc) is 2.57. The van der Waals surface area contributed by atoms with Gasteiger partial charge in [-0.25, -0.2) is 13.6 Å². The van der Waals surface area contributed by atoms with Gasteiger partial charge in [0.05, 0.1) is 17.0 Å². The minimum absolute atomic E-state index is 0.0663. The molecular formula is C18H17F3N2O2S. The van der Waals surface area contributed by atoms with Gasteiger partial charge < -0.3 is 5.32 Å². The molecule has 4 nitrogen and oxygen atoms in total. The van der Waals surface area contributed by atoms with Crippen molar-refractivity contribution in [2.45, 2.75) is 17.5 Å². The molecule has 2 rings (SSSR count). The van der Waals surface area contributed by atoms with Crippen LogP contribution in [0.15, 0.2) is 53.4 Å². The van der Waals surface area contributed by atoms with Crippen molar-refractivity contribution in [3.8, 4) is 11.8 Å². The van der Waals surface area contributed by atoms with E-state index >= 15 is 0 Å². The van der Waals surface area contributed by atoms with Gasteiger partial charge in [-0.2, -0.15) is 13.2 Å². The molecule has 0 bridgehead atoms. The summed E-state index contributed by atoms with van der Waals surface area (Å²) in [6.45, 7) is 1.01. The highest BCUT2D eigenvalue weighted by atomic mass is 32.2.